The lowest BCUT2D eigenvalue weighted by Crippen LogP contribution is -2.35. The summed E-state index contributed by atoms with van der Waals surface area (Å²) in [6.07, 6.45) is 2.81. The fourth-order valence-electron chi connectivity index (χ4n) is 4.89. The van der Waals surface area contributed by atoms with E-state index in [1.807, 2.05) is 54.6 Å². The zero-order valence-electron chi connectivity index (χ0n) is 21.4. The van der Waals surface area contributed by atoms with Crippen LogP contribution in [0.5, 0.6) is 5.75 Å². The Morgan fingerprint density at radius 1 is 0.865 bits per heavy atom. The summed E-state index contributed by atoms with van der Waals surface area (Å²) < 4.78 is 6.18. The predicted molar refractivity (Wildman–Crippen MR) is 153 cm³/mol. The van der Waals surface area contributed by atoms with Gasteiger partial charge in [-0.15, -0.1) is 0 Å². The van der Waals surface area contributed by atoms with Gasteiger partial charge in [-0.05, 0) is 90.5 Å². The SMILES string of the molecule is Cc1ccc(C(=O)Cc2ccc(-c3ccc(OC4CCN(C)CC4)cc3)cc2)cc1-c1cccc(Cl)c1. The van der Waals surface area contributed by atoms with Crippen molar-refractivity contribution in [1.29, 1.82) is 0 Å². The van der Waals surface area contributed by atoms with Crippen LogP contribution in [0.25, 0.3) is 22.3 Å². The van der Waals surface area contributed by atoms with Gasteiger partial charge in [-0.2, -0.15) is 0 Å². The molecular formula is C33H32ClNO2. The van der Waals surface area contributed by atoms with Crippen molar-refractivity contribution in [3.8, 4) is 28.0 Å². The van der Waals surface area contributed by atoms with Crippen molar-refractivity contribution >= 4 is 17.4 Å². The first kappa shape index (κ1) is 25.3. The topological polar surface area (TPSA) is 29.5 Å². The van der Waals surface area contributed by atoms with E-state index in [2.05, 4.69) is 55.3 Å². The van der Waals surface area contributed by atoms with Crippen LogP contribution in [-0.4, -0.2) is 36.9 Å². The molecule has 0 aromatic heterocycles. The van der Waals surface area contributed by atoms with Crippen molar-refractivity contribution in [2.75, 3.05) is 20.1 Å². The van der Waals surface area contributed by atoms with Gasteiger partial charge in [0.1, 0.15) is 11.9 Å². The number of piperidine rings is 1. The minimum Gasteiger partial charge on any atom is -0.490 e. The highest BCUT2D eigenvalue weighted by Crippen LogP contribution is 2.28. The fraction of sp³-hybridized carbons (Fsp3) is 0.242. The van der Waals surface area contributed by atoms with Crippen LogP contribution in [0, 0.1) is 6.92 Å². The Morgan fingerprint density at radius 2 is 1.54 bits per heavy atom. The number of rotatable bonds is 7. The van der Waals surface area contributed by atoms with Crippen molar-refractivity contribution in [1.82, 2.24) is 4.90 Å². The average Bonchev–Trinajstić information content (AvgIpc) is 2.91. The maximum absolute atomic E-state index is 13.1. The Morgan fingerprint density at radius 3 is 2.22 bits per heavy atom. The number of likely N-dealkylation sites (tertiary alicyclic amines) is 1. The Hall–Kier alpha value is -3.40. The number of nitrogens with zero attached hydrogens (tertiary/aromatic N) is 1. The van der Waals surface area contributed by atoms with E-state index >= 15 is 0 Å². The second kappa shape index (κ2) is 11.3. The third-order valence-corrected chi connectivity index (χ3v) is 7.40. The van der Waals surface area contributed by atoms with Crippen LogP contribution >= 0.6 is 11.6 Å². The second-order valence-electron chi connectivity index (χ2n) is 9.98. The fourth-order valence-corrected chi connectivity index (χ4v) is 5.08. The van der Waals surface area contributed by atoms with E-state index in [1.165, 1.54) is 0 Å². The van der Waals surface area contributed by atoms with Gasteiger partial charge < -0.3 is 9.64 Å². The molecule has 0 N–H and O–H groups in total. The predicted octanol–water partition coefficient (Wildman–Crippen LogP) is 7.88. The molecule has 4 aromatic carbocycles. The van der Waals surface area contributed by atoms with Crippen molar-refractivity contribution in [2.45, 2.75) is 32.3 Å². The molecule has 4 aromatic rings. The highest BCUT2D eigenvalue weighted by atomic mass is 35.5. The molecule has 5 rings (SSSR count). The van der Waals surface area contributed by atoms with Crippen LogP contribution in [0.1, 0.15) is 34.3 Å². The number of carbonyl (C=O) groups excluding carboxylic acids is 1. The number of hydrogen-bond acceptors (Lipinski definition) is 3. The normalized spacial score (nSPS) is 14.5. The second-order valence-corrected chi connectivity index (χ2v) is 10.4. The van der Waals surface area contributed by atoms with Gasteiger partial charge in [-0.1, -0.05) is 72.3 Å². The molecule has 0 atom stereocenters. The number of ether oxygens (including phenoxy) is 1. The summed E-state index contributed by atoms with van der Waals surface area (Å²) in [6.45, 7) is 4.23. The number of Topliss-reactive ketones (excluding diaryl/α,β-unsaturated/α-hetero) is 1. The van der Waals surface area contributed by atoms with Gasteiger partial charge in [0.25, 0.3) is 0 Å². The molecule has 0 spiro atoms. The van der Waals surface area contributed by atoms with Gasteiger partial charge in [0, 0.05) is 30.1 Å². The molecule has 0 bridgehead atoms. The molecule has 1 aliphatic rings. The Kier molecular flexibility index (Phi) is 7.73. The molecule has 37 heavy (non-hydrogen) atoms. The summed E-state index contributed by atoms with van der Waals surface area (Å²) in [5.41, 5.74) is 7.15. The number of benzene rings is 4. The van der Waals surface area contributed by atoms with Gasteiger partial charge in [0.15, 0.2) is 5.78 Å². The molecule has 0 amide bonds. The van der Waals surface area contributed by atoms with Crippen LogP contribution in [0.4, 0.5) is 0 Å². The average molecular weight is 510 g/mol. The first-order valence-corrected chi connectivity index (χ1v) is 13.3. The van der Waals surface area contributed by atoms with E-state index < -0.39 is 0 Å². The maximum Gasteiger partial charge on any atom is 0.167 e. The standard InChI is InChI=1S/C33H32ClNO2/c1-23-6-9-28(22-32(23)27-4-3-5-29(34)21-27)33(36)20-24-7-10-25(11-8-24)26-12-14-30(15-13-26)37-31-16-18-35(2)19-17-31/h3-15,21-22,31H,16-20H2,1-2H3. The lowest BCUT2D eigenvalue weighted by atomic mass is 9.94. The van der Waals surface area contributed by atoms with Gasteiger partial charge in [0.2, 0.25) is 0 Å². The molecule has 1 fully saturated rings. The molecule has 0 radical (unpaired) electrons. The summed E-state index contributed by atoms with van der Waals surface area (Å²) >= 11 is 6.19. The smallest absolute Gasteiger partial charge is 0.167 e. The lowest BCUT2D eigenvalue weighted by molar-refractivity contribution is 0.0993. The highest BCUT2D eigenvalue weighted by molar-refractivity contribution is 6.30. The van der Waals surface area contributed by atoms with E-state index in [-0.39, 0.29) is 5.78 Å². The van der Waals surface area contributed by atoms with Crippen LogP contribution in [0.15, 0.2) is 91.0 Å². The molecule has 0 unspecified atom stereocenters. The molecule has 188 valence electrons. The van der Waals surface area contributed by atoms with Crippen molar-refractivity contribution in [2.24, 2.45) is 0 Å². The summed E-state index contributed by atoms with van der Waals surface area (Å²) in [5, 5.41) is 0.688. The van der Waals surface area contributed by atoms with Gasteiger partial charge in [-0.25, -0.2) is 0 Å². The largest absolute Gasteiger partial charge is 0.490 e. The van der Waals surface area contributed by atoms with Crippen molar-refractivity contribution < 1.29 is 9.53 Å². The van der Waals surface area contributed by atoms with Crippen LogP contribution in [0.2, 0.25) is 5.02 Å². The third-order valence-electron chi connectivity index (χ3n) is 7.17. The quantitative estimate of drug-likeness (QED) is 0.237. The first-order chi connectivity index (χ1) is 17.9. The minimum absolute atomic E-state index is 0.103. The molecule has 1 aliphatic heterocycles. The zero-order chi connectivity index (χ0) is 25.8. The number of aryl methyl sites for hydroxylation is 1. The van der Waals surface area contributed by atoms with Gasteiger partial charge in [0.05, 0.1) is 0 Å². The lowest BCUT2D eigenvalue weighted by Gasteiger charge is -2.29. The molecule has 0 aliphatic carbocycles. The highest BCUT2D eigenvalue weighted by Gasteiger charge is 2.18. The Balaban J connectivity index is 1.23. The summed E-state index contributed by atoms with van der Waals surface area (Å²) in [4.78, 5) is 15.5. The Labute approximate surface area is 224 Å². The molecule has 1 saturated heterocycles. The molecule has 3 nitrogen and oxygen atoms in total. The summed E-state index contributed by atoms with van der Waals surface area (Å²) in [6, 6.07) is 30.2. The van der Waals surface area contributed by atoms with E-state index in [9.17, 15) is 4.79 Å². The summed E-state index contributed by atoms with van der Waals surface area (Å²) in [7, 11) is 2.16. The molecule has 0 saturated carbocycles. The van der Waals surface area contributed by atoms with Crippen LogP contribution < -0.4 is 4.74 Å². The van der Waals surface area contributed by atoms with Crippen molar-refractivity contribution in [3.63, 3.8) is 0 Å². The minimum atomic E-state index is 0.103. The Bertz CT molecular complexity index is 1370. The molecular weight excluding hydrogens is 478 g/mol. The number of halogens is 1. The number of carbonyl (C=O) groups is 1. The first-order valence-electron chi connectivity index (χ1n) is 12.9. The van der Waals surface area contributed by atoms with Crippen LogP contribution in [-0.2, 0) is 6.42 Å². The zero-order valence-corrected chi connectivity index (χ0v) is 22.2. The van der Waals surface area contributed by atoms with Crippen LogP contribution in [0.3, 0.4) is 0 Å². The molecule has 1 heterocycles. The van der Waals surface area contributed by atoms with Gasteiger partial charge >= 0.3 is 0 Å². The van der Waals surface area contributed by atoms with E-state index in [4.69, 9.17) is 16.3 Å². The van der Waals surface area contributed by atoms with Gasteiger partial charge in [-0.3, -0.25) is 4.79 Å². The third kappa shape index (κ3) is 6.30. The number of hydrogen-bond donors (Lipinski definition) is 0. The van der Waals surface area contributed by atoms with E-state index in [0.29, 0.717) is 23.1 Å². The van der Waals surface area contributed by atoms with E-state index in [0.717, 1.165) is 65.1 Å². The number of ketones is 1. The van der Waals surface area contributed by atoms with E-state index in [1.54, 1.807) is 0 Å². The van der Waals surface area contributed by atoms with Crippen molar-refractivity contribution in [3.05, 3.63) is 113 Å². The summed E-state index contributed by atoms with van der Waals surface area (Å²) in [5.74, 6) is 1.03. The monoisotopic (exact) mass is 509 g/mol. The maximum atomic E-state index is 13.1. The molecule has 4 heteroatoms.